The fourth-order valence-electron chi connectivity index (χ4n) is 1.53. The fourth-order valence-corrected chi connectivity index (χ4v) is 2.59. The van der Waals surface area contributed by atoms with Crippen LogP contribution >= 0.6 is 45.8 Å². The molecule has 0 aliphatic carbocycles. The van der Waals surface area contributed by atoms with Gasteiger partial charge in [0.1, 0.15) is 16.9 Å². The number of hydrogen-bond acceptors (Lipinski definition) is 4. The van der Waals surface area contributed by atoms with Crippen molar-refractivity contribution >= 4 is 63.1 Å². The van der Waals surface area contributed by atoms with E-state index in [1.54, 1.807) is 18.2 Å². The molecule has 0 spiro atoms. The van der Waals surface area contributed by atoms with Crippen molar-refractivity contribution in [1.82, 2.24) is 4.98 Å². The number of hydrogen-bond donors (Lipinski definition) is 1. The molecular weight excluding hydrogens is 432 g/mol. The first-order chi connectivity index (χ1) is 9.88. The van der Waals surface area contributed by atoms with E-state index in [9.17, 15) is 14.9 Å². The molecule has 1 N–H and O–H groups in total. The van der Waals surface area contributed by atoms with Gasteiger partial charge in [0.05, 0.1) is 15.6 Å². The maximum atomic E-state index is 12.2. The standard InChI is InChI=1S/C12H6Cl2IN3O3/c13-8-3-6(15)1-2-9(8)17-12(19)7-4-11(14)16-5-10(7)18(20)21/h1-5H,(H,17,19). The average molecular weight is 438 g/mol. The molecule has 0 saturated heterocycles. The first kappa shape index (κ1) is 15.9. The Bertz CT molecular complexity index is 740. The molecule has 0 radical (unpaired) electrons. The van der Waals surface area contributed by atoms with E-state index >= 15 is 0 Å². The maximum absolute atomic E-state index is 12.2. The Kier molecular flexibility index (Phi) is 4.96. The van der Waals surface area contributed by atoms with Crippen molar-refractivity contribution in [3.05, 3.63) is 59.9 Å². The zero-order valence-corrected chi connectivity index (χ0v) is 13.8. The summed E-state index contributed by atoms with van der Waals surface area (Å²) in [5.41, 5.74) is -0.266. The highest BCUT2D eigenvalue weighted by atomic mass is 127. The summed E-state index contributed by atoms with van der Waals surface area (Å²) in [5.74, 6) is -0.686. The van der Waals surface area contributed by atoms with Gasteiger partial charge >= 0.3 is 0 Å². The zero-order valence-electron chi connectivity index (χ0n) is 10.1. The number of pyridine rings is 1. The van der Waals surface area contributed by atoms with Crippen LogP contribution in [0.25, 0.3) is 0 Å². The van der Waals surface area contributed by atoms with Gasteiger partial charge in [-0.3, -0.25) is 14.9 Å². The summed E-state index contributed by atoms with van der Waals surface area (Å²) in [4.78, 5) is 26.0. The van der Waals surface area contributed by atoms with Crippen molar-refractivity contribution in [2.75, 3.05) is 5.32 Å². The SMILES string of the molecule is O=C(Nc1ccc(I)cc1Cl)c1cc(Cl)ncc1[N+](=O)[O-]. The van der Waals surface area contributed by atoms with Gasteiger partial charge in [-0.2, -0.15) is 0 Å². The molecule has 108 valence electrons. The molecule has 1 heterocycles. The molecule has 1 aromatic heterocycles. The molecule has 0 fully saturated rings. The van der Waals surface area contributed by atoms with Crippen LogP contribution in [-0.4, -0.2) is 15.8 Å². The monoisotopic (exact) mass is 437 g/mol. The summed E-state index contributed by atoms with van der Waals surface area (Å²) < 4.78 is 0.897. The summed E-state index contributed by atoms with van der Waals surface area (Å²) in [5, 5.41) is 13.7. The minimum Gasteiger partial charge on any atom is -0.320 e. The van der Waals surface area contributed by atoms with Gasteiger partial charge in [0.15, 0.2) is 0 Å². The number of amides is 1. The zero-order chi connectivity index (χ0) is 15.6. The Hall–Kier alpha value is -1.45. The van der Waals surface area contributed by atoms with Crippen molar-refractivity contribution in [2.24, 2.45) is 0 Å². The summed E-state index contributed by atoms with van der Waals surface area (Å²) in [6.07, 6.45) is 0.937. The highest BCUT2D eigenvalue weighted by molar-refractivity contribution is 14.1. The third kappa shape index (κ3) is 3.80. The number of carbonyl (C=O) groups excluding carboxylic acids is 1. The lowest BCUT2D eigenvalue weighted by Crippen LogP contribution is -2.14. The summed E-state index contributed by atoms with van der Waals surface area (Å²) in [7, 11) is 0. The average Bonchev–Trinajstić information content (AvgIpc) is 2.41. The molecule has 0 aliphatic rings. The van der Waals surface area contributed by atoms with Crippen molar-refractivity contribution in [1.29, 1.82) is 0 Å². The van der Waals surface area contributed by atoms with Gasteiger partial charge in [-0.25, -0.2) is 4.98 Å². The van der Waals surface area contributed by atoms with E-state index in [-0.39, 0.29) is 10.7 Å². The molecule has 0 unspecified atom stereocenters. The second-order valence-electron chi connectivity index (χ2n) is 3.86. The van der Waals surface area contributed by atoms with E-state index in [0.717, 1.165) is 15.8 Å². The number of nitrogens with zero attached hydrogens (tertiary/aromatic N) is 2. The Morgan fingerprint density at radius 3 is 2.67 bits per heavy atom. The van der Waals surface area contributed by atoms with Crippen LogP contribution in [0.4, 0.5) is 11.4 Å². The Morgan fingerprint density at radius 1 is 1.33 bits per heavy atom. The number of rotatable bonds is 3. The lowest BCUT2D eigenvalue weighted by Gasteiger charge is -2.08. The summed E-state index contributed by atoms with van der Waals surface area (Å²) >= 11 is 13.8. The molecule has 2 aromatic rings. The van der Waals surface area contributed by atoms with Crippen LogP contribution in [0.15, 0.2) is 30.5 Å². The number of anilines is 1. The second kappa shape index (κ2) is 6.54. The molecule has 0 saturated carbocycles. The van der Waals surface area contributed by atoms with Gasteiger partial charge in [0.25, 0.3) is 11.6 Å². The van der Waals surface area contributed by atoms with Gasteiger partial charge < -0.3 is 5.32 Å². The lowest BCUT2D eigenvalue weighted by molar-refractivity contribution is -0.385. The van der Waals surface area contributed by atoms with E-state index in [1.807, 2.05) is 0 Å². The number of nitrogens with one attached hydrogen (secondary N) is 1. The van der Waals surface area contributed by atoms with E-state index in [1.165, 1.54) is 0 Å². The number of aromatic nitrogens is 1. The number of nitro groups is 1. The van der Waals surface area contributed by atoms with Gasteiger partial charge in [0, 0.05) is 3.57 Å². The quantitative estimate of drug-likeness (QED) is 0.338. The summed E-state index contributed by atoms with van der Waals surface area (Å²) in [6.45, 7) is 0. The predicted molar refractivity (Wildman–Crippen MR) is 88.0 cm³/mol. The van der Waals surface area contributed by atoms with Crippen LogP contribution in [0.5, 0.6) is 0 Å². The molecule has 1 amide bonds. The minimum atomic E-state index is -0.701. The maximum Gasteiger partial charge on any atom is 0.300 e. The van der Waals surface area contributed by atoms with Gasteiger partial charge in [0.2, 0.25) is 0 Å². The normalized spacial score (nSPS) is 10.2. The van der Waals surface area contributed by atoms with Crippen molar-refractivity contribution in [3.8, 4) is 0 Å². The van der Waals surface area contributed by atoms with E-state index in [0.29, 0.717) is 10.7 Å². The van der Waals surface area contributed by atoms with Gasteiger partial charge in [-0.05, 0) is 46.9 Å². The highest BCUT2D eigenvalue weighted by Crippen LogP contribution is 2.26. The van der Waals surface area contributed by atoms with Crippen LogP contribution in [-0.2, 0) is 0 Å². The van der Waals surface area contributed by atoms with E-state index < -0.39 is 16.5 Å². The number of benzene rings is 1. The second-order valence-corrected chi connectivity index (χ2v) is 5.90. The van der Waals surface area contributed by atoms with E-state index in [2.05, 4.69) is 32.9 Å². The molecule has 0 bridgehead atoms. The molecule has 21 heavy (non-hydrogen) atoms. The van der Waals surface area contributed by atoms with E-state index in [4.69, 9.17) is 23.2 Å². The molecule has 2 rings (SSSR count). The largest absolute Gasteiger partial charge is 0.320 e. The third-order valence-electron chi connectivity index (χ3n) is 2.47. The minimum absolute atomic E-state index is 0.0144. The fraction of sp³-hybridized carbons (Fsp3) is 0. The molecule has 0 atom stereocenters. The smallest absolute Gasteiger partial charge is 0.300 e. The van der Waals surface area contributed by atoms with Crippen LogP contribution in [0.1, 0.15) is 10.4 Å². The Morgan fingerprint density at radius 2 is 2.05 bits per heavy atom. The molecule has 9 heteroatoms. The lowest BCUT2D eigenvalue weighted by atomic mass is 10.2. The Labute approximate surface area is 142 Å². The van der Waals surface area contributed by atoms with Gasteiger partial charge in [-0.1, -0.05) is 23.2 Å². The predicted octanol–water partition coefficient (Wildman–Crippen LogP) is 4.15. The number of halogens is 3. The van der Waals surface area contributed by atoms with Crippen molar-refractivity contribution < 1.29 is 9.72 Å². The highest BCUT2D eigenvalue weighted by Gasteiger charge is 2.22. The van der Waals surface area contributed by atoms with Gasteiger partial charge in [-0.15, -0.1) is 0 Å². The first-order valence-corrected chi connectivity index (χ1v) is 7.28. The van der Waals surface area contributed by atoms with Crippen LogP contribution in [0, 0.1) is 13.7 Å². The van der Waals surface area contributed by atoms with Crippen molar-refractivity contribution in [3.63, 3.8) is 0 Å². The molecule has 0 aliphatic heterocycles. The van der Waals surface area contributed by atoms with Crippen LogP contribution in [0.2, 0.25) is 10.2 Å². The summed E-state index contributed by atoms with van der Waals surface area (Å²) in [6, 6.07) is 6.15. The molecule has 1 aromatic carbocycles. The van der Waals surface area contributed by atoms with Crippen LogP contribution in [0.3, 0.4) is 0 Å². The Balaban J connectivity index is 2.36. The molecule has 6 nitrogen and oxygen atoms in total. The topological polar surface area (TPSA) is 85.1 Å². The first-order valence-electron chi connectivity index (χ1n) is 5.45. The van der Waals surface area contributed by atoms with Crippen molar-refractivity contribution in [2.45, 2.75) is 0 Å². The van der Waals surface area contributed by atoms with Crippen LogP contribution < -0.4 is 5.32 Å². The third-order valence-corrected chi connectivity index (χ3v) is 3.66. The molecular formula is C12H6Cl2IN3O3. The number of carbonyl (C=O) groups is 1.